The van der Waals surface area contributed by atoms with E-state index in [0.29, 0.717) is 5.56 Å². The van der Waals surface area contributed by atoms with Gasteiger partial charge in [0.15, 0.2) is 12.2 Å². The molecule has 2 aliphatic heterocycles. The minimum absolute atomic E-state index is 0.0684. The summed E-state index contributed by atoms with van der Waals surface area (Å²) in [4.78, 5) is 28.6. The lowest BCUT2D eigenvalue weighted by Crippen LogP contribution is -2.36. The van der Waals surface area contributed by atoms with E-state index < -0.39 is 36.4 Å². The number of hydrogen-bond acceptors (Lipinski definition) is 8. The van der Waals surface area contributed by atoms with Crippen LogP contribution in [0, 0.1) is 6.92 Å². The van der Waals surface area contributed by atoms with Gasteiger partial charge in [-0.2, -0.15) is 0 Å². The van der Waals surface area contributed by atoms with Crippen molar-refractivity contribution in [2.75, 3.05) is 13.2 Å². The lowest BCUT2D eigenvalue weighted by Gasteiger charge is -2.17. The lowest BCUT2D eigenvalue weighted by molar-refractivity contribution is -0.0288. The van der Waals surface area contributed by atoms with Crippen LogP contribution in [-0.2, 0) is 18.9 Å². The molecule has 146 valence electrons. The van der Waals surface area contributed by atoms with E-state index in [1.807, 2.05) is 6.92 Å². The van der Waals surface area contributed by atoms with Gasteiger partial charge in [0, 0.05) is 12.4 Å². The molecule has 1 N–H and O–H groups in total. The van der Waals surface area contributed by atoms with E-state index >= 15 is 0 Å². The number of carbonyl (C=O) groups is 2. The molecule has 0 spiro atoms. The number of aromatic hydroxyl groups is 1. The topological polar surface area (TPSA) is 104 Å². The number of hydrogen-bond donors (Lipinski definition) is 1. The van der Waals surface area contributed by atoms with Crippen molar-refractivity contribution < 1.29 is 33.6 Å². The number of phenolic OH excluding ortho intramolecular Hbond substituents is 1. The van der Waals surface area contributed by atoms with E-state index in [2.05, 4.69) is 4.98 Å². The van der Waals surface area contributed by atoms with Gasteiger partial charge in [-0.3, -0.25) is 4.98 Å². The standard InChI is InChI=1S/C20H19NO7/c1-11-6-12(8-21-7-11)19(23)27-15-9-25-18-16(10-26-17(15)18)28-20(24)13-4-2-3-5-14(13)22/h2-8,15-18,22H,9-10H2,1H3/t15-,16+,17-,18-/m1/s1. The van der Waals surface area contributed by atoms with E-state index in [1.54, 1.807) is 24.4 Å². The molecule has 0 unspecified atom stereocenters. The zero-order valence-electron chi connectivity index (χ0n) is 15.1. The van der Waals surface area contributed by atoms with Crippen LogP contribution in [0.1, 0.15) is 26.3 Å². The molecule has 8 heteroatoms. The Bertz CT molecular complexity index is 900. The first-order valence-corrected chi connectivity index (χ1v) is 8.88. The van der Waals surface area contributed by atoms with E-state index in [-0.39, 0.29) is 24.5 Å². The second kappa shape index (κ2) is 7.57. The molecule has 3 heterocycles. The Morgan fingerprint density at radius 2 is 1.68 bits per heavy atom. The van der Waals surface area contributed by atoms with Gasteiger partial charge in [-0.05, 0) is 30.7 Å². The molecule has 1 aromatic heterocycles. The Labute approximate surface area is 161 Å². The average molecular weight is 385 g/mol. The molecular weight excluding hydrogens is 366 g/mol. The Hall–Kier alpha value is -2.97. The molecule has 2 aromatic rings. The van der Waals surface area contributed by atoms with Crippen molar-refractivity contribution in [3.05, 3.63) is 59.4 Å². The van der Waals surface area contributed by atoms with E-state index in [0.717, 1.165) is 5.56 Å². The van der Waals surface area contributed by atoms with Gasteiger partial charge in [0.1, 0.15) is 23.5 Å². The van der Waals surface area contributed by atoms with E-state index in [1.165, 1.54) is 18.3 Å². The summed E-state index contributed by atoms with van der Waals surface area (Å²) in [7, 11) is 0. The largest absolute Gasteiger partial charge is 0.507 e. The number of para-hydroxylation sites is 1. The summed E-state index contributed by atoms with van der Waals surface area (Å²) in [6.45, 7) is 2.10. The monoisotopic (exact) mass is 385 g/mol. The highest BCUT2D eigenvalue weighted by molar-refractivity contribution is 5.92. The normalized spacial score (nSPS) is 25.9. The first kappa shape index (κ1) is 18.4. The number of carbonyl (C=O) groups excluding carboxylic acids is 2. The molecule has 2 fully saturated rings. The SMILES string of the molecule is Cc1cncc(C(=O)O[C@@H]2CO[C@H]3[C@@H]2OC[C@@H]3OC(=O)c2ccccc2O)c1. The zero-order valence-corrected chi connectivity index (χ0v) is 15.1. The van der Waals surface area contributed by atoms with E-state index in [4.69, 9.17) is 18.9 Å². The number of nitrogens with zero attached hydrogens (tertiary/aromatic N) is 1. The maximum atomic E-state index is 12.3. The molecule has 0 saturated carbocycles. The van der Waals surface area contributed by atoms with Crippen molar-refractivity contribution in [2.45, 2.75) is 31.3 Å². The van der Waals surface area contributed by atoms with Gasteiger partial charge < -0.3 is 24.1 Å². The molecule has 2 saturated heterocycles. The molecule has 4 rings (SSSR count). The Balaban J connectivity index is 1.38. The molecule has 1 aromatic carbocycles. The molecule has 28 heavy (non-hydrogen) atoms. The molecular formula is C20H19NO7. The Kier molecular flexibility index (Phi) is 4.97. The minimum Gasteiger partial charge on any atom is -0.507 e. The maximum Gasteiger partial charge on any atom is 0.342 e. The fraction of sp³-hybridized carbons (Fsp3) is 0.350. The minimum atomic E-state index is -0.665. The fourth-order valence-electron chi connectivity index (χ4n) is 3.35. The number of phenols is 1. The number of aromatic nitrogens is 1. The summed E-state index contributed by atoms with van der Waals surface area (Å²) in [5.41, 5.74) is 1.27. The molecule has 0 aliphatic carbocycles. The summed E-state index contributed by atoms with van der Waals surface area (Å²) < 4.78 is 22.3. The van der Waals surface area contributed by atoms with Crippen LogP contribution >= 0.6 is 0 Å². The number of ether oxygens (including phenoxy) is 4. The highest BCUT2D eigenvalue weighted by atomic mass is 16.7. The van der Waals surface area contributed by atoms with Crippen LogP contribution in [0.5, 0.6) is 5.75 Å². The highest BCUT2D eigenvalue weighted by Crippen LogP contribution is 2.32. The number of esters is 2. The molecule has 4 atom stereocenters. The number of benzene rings is 1. The van der Waals surface area contributed by atoms with Gasteiger partial charge in [-0.15, -0.1) is 0 Å². The number of aryl methyl sites for hydroxylation is 1. The smallest absolute Gasteiger partial charge is 0.342 e. The summed E-state index contributed by atoms with van der Waals surface area (Å²) in [6.07, 6.45) is 0.768. The summed E-state index contributed by atoms with van der Waals surface area (Å²) in [6, 6.07) is 7.82. The van der Waals surface area contributed by atoms with E-state index in [9.17, 15) is 14.7 Å². The summed E-state index contributed by atoms with van der Waals surface area (Å²) in [5.74, 6) is -1.33. The van der Waals surface area contributed by atoms with Crippen molar-refractivity contribution in [2.24, 2.45) is 0 Å². The second-order valence-electron chi connectivity index (χ2n) is 6.75. The molecule has 0 amide bonds. The Morgan fingerprint density at radius 1 is 1.04 bits per heavy atom. The van der Waals surface area contributed by atoms with Crippen LogP contribution in [0.25, 0.3) is 0 Å². The number of pyridine rings is 1. The van der Waals surface area contributed by atoms with Crippen LogP contribution in [-0.4, -0.2) is 59.7 Å². The Morgan fingerprint density at radius 3 is 2.32 bits per heavy atom. The van der Waals surface area contributed by atoms with Gasteiger partial charge in [0.25, 0.3) is 0 Å². The molecule has 2 aliphatic rings. The number of fused-ring (bicyclic) bond motifs is 1. The molecule has 0 bridgehead atoms. The molecule has 0 radical (unpaired) electrons. The quantitative estimate of drug-likeness (QED) is 0.792. The van der Waals surface area contributed by atoms with Gasteiger partial charge in [-0.25, -0.2) is 9.59 Å². The van der Waals surface area contributed by atoms with Gasteiger partial charge in [0.2, 0.25) is 0 Å². The van der Waals surface area contributed by atoms with Crippen molar-refractivity contribution in [1.29, 1.82) is 0 Å². The molecule has 8 nitrogen and oxygen atoms in total. The van der Waals surface area contributed by atoms with Crippen LogP contribution < -0.4 is 0 Å². The average Bonchev–Trinajstić information content (AvgIpc) is 3.25. The van der Waals surface area contributed by atoms with Crippen LogP contribution in [0.4, 0.5) is 0 Å². The highest BCUT2D eigenvalue weighted by Gasteiger charge is 2.51. The third-order valence-corrected chi connectivity index (χ3v) is 4.71. The van der Waals surface area contributed by atoms with Crippen LogP contribution in [0.15, 0.2) is 42.7 Å². The van der Waals surface area contributed by atoms with Gasteiger partial charge >= 0.3 is 11.9 Å². The van der Waals surface area contributed by atoms with Crippen molar-refractivity contribution in [3.8, 4) is 5.75 Å². The summed E-state index contributed by atoms with van der Waals surface area (Å²) in [5, 5.41) is 9.79. The third kappa shape index (κ3) is 3.56. The first-order chi connectivity index (χ1) is 13.5. The van der Waals surface area contributed by atoms with Gasteiger partial charge in [-0.1, -0.05) is 12.1 Å². The zero-order chi connectivity index (χ0) is 19.7. The van der Waals surface area contributed by atoms with Crippen LogP contribution in [0.3, 0.4) is 0 Å². The first-order valence-electron chi connectivity index (χ1n) is 8.88. The lowest BCUT2D eigenvalue weighted by atomic mass is 10.1. The van der Waals surface area contributed by atoms with Crippen LogP contribution in [0.2, 0.25) is 0 Å². The fourth-order valence-corrected chi connectivity index (χ4v) is 3.35. The van der Waals surface area contributed by atoms with Gasteiger partial charge in [0.05, 0.1) is 18.8 Å². The maximum absolute atomic E-state index is 12.3. The third-order valence-electron chi connectivity index (χ3n) is 4.71. The predicted molar refractivity (Wildman–Crippen MR) is 95.0 cm³/mol. The predicted octanol–water partition coefficient (Wildman–Crippen LogP) is 1.64. The van der Waals surface area contributed by atoms with Crippen molar-refractivity contribution in [3.63, 3.8) is 0 Å². The van der Waals surface area contributed by atoms with Crippen molar-refractivity contribution >= 4 is 11.9 Å². The van der Waals surface area contributed by atoms with Crippen molar-refractivity contribution in [1.82, 2.24) is 4.98 Å². The summed E-state index contributed by atoms with van der Waals surface area (Å²) >= 11 is 0. The second-order valence-corrected chi connectivity index (χ2v) is 6.75. The number of rotatable bonds is 4.